The van der Waals surface area contributed by atoms with Crippen molar-refractivity contribution in [1.82, 2.24) is 4.90 Å². The van der Waals surface area contributed by atoms with E-state index in [2.05, 4.69) is 0 Å². The van der Waals surface area contributed by atoms with Gasteiger partial charge >= 0.3 is 5.97 Å². The molecule has 1 aliphatic carbocycles. The molecule has 2 aliphatic rings. The third-order valence-electron chi connectivity index (χ3n) is 5.60. The van der Waals surface area contributed by atoms with Gasteiger partial charge in [-0.2, -0.15) is 0 Å². The summed E-state index contributed by atoms with van der Waals surface area (Å²) in [6, 6.07) is 13.5. The van der Waals surface area contributed by atoms with Gasteiger partial charge in [0, 0.05) is 18.7 Å². The highest BCUT2D eigenvalue weighted by Gasteiger charge is 2.55. The van der Waals surface area contributed by atoms with Gasteiger partial charge in [0.2, 0.25) is 0 Å². The third-order valence-corrected chi connectivity index (χ3v) is 5.60. The second kappa shape index (κ2) is 5.08. The molecule has 0 aromatic heterocycles. The summed E-state index contributed by atoms with van der Waals surface area (Å²) in [6.45, 7) is 0.906. The van der Waals surface area contributed by atoms with Crippen molar-refractivity contribution in [3.05, 3.63) is 48.0 Å². The zero-order chi connectivity index (χ0) is 16.0. The molecule has 0 bridgehead atoms. The van der Waals surface area contributed by atoms with Crippen molar-refractivity contribution in [1.29, 1.82) is 0 Å². The molecule has 2 fully saturated rings. The fourth-order valence-electron chi connectivity index (χ4n) is 4.38. The quantitative estimate of drug-likeness (QED) is 0.927. The number of carbonyl (C=O) groups excluding carboxylic acids is 1. The van der Waals surface area contributed by atoms with Crippen LogP contribution in [0.3, 0.4) is 0 Å². The lowest BCUT2D eigenvalue weighted by Crippen LogP contribution is -2.37. The van der Waals surface area contributed by atoms with E-state index in [-0.39, 0.29) is 11.8 Å². The van der Waals surface area contributed by atoms with Crippen molar-refractivity contribution in [2.45, 2.75) is 19.3 Å². The Morgan fingerprint density at radius 3 is 2.70 bits per heavy atom. The van der Waals surface area contributed by atoms with Crippen LogP contribution in [0.4, 0.5) is 0 Å². The summed E-state index contributed by atoms with van der Waals surface area (Å²) in [5.41, 5.74) is -0.0520. The summed E-state index contributed by atoms with van der Waals surface area (Å²) in [4.78, 5) is 26.5. The minimum atomic E-state index is -0.742. The fraction of sp³-hybridized carbons (Fsp3) is 0.368. The molecule has 23 heavy (non-hydrogen) atoms. The topological polar surface area (TPSA) is 57.6 Å². The highest BCUT2D eigenvalue weighted by Crippen LogP contribution is 2.49. The van der Waals surface area contributed by atoms with Gasteiger partial charge in [-0.1, -0.05) is 42.8 Å². The molecule has 1 heterocycles. The number of fused-ring (bicyclic) bond motifs is 2. The van der Waals surface area contributed by atoms with Crippen LogP contribution in [0.1, 0.15) is 29.6 Å². The van der Waals surface area contributed by atoms with E-state index >= 15 is 0 Å². The number of aliphatic carboxylic acids is 1. The monoisotopic (exact) mass is 309 g/mol. The van der Waals surface area contributed by atoms with E-state index in [0.717, 1.165) is 23.6 Å². The Kier molecular flexibility index (Phi) is 3.15. The minimum Gasteiger partial charge on any atom is -0.481 e. The molecule has 1 N–H and O–H groups in total. The van der Waals surface area contributed by atoms with Crippen LogP contribution in [-0.4, -0.2) is 35.0 Å². The van der Waals surface area contributed by atoms with E-state index in [1.807, 2.05) is 42.5 Å². The molecule has 2 atom stereocenters. The summed E-state index contributed by atoms with van der Waals surface area (Å²) in [6.07, 6.45) is 2.55. The Morgan fingerprint density at radius 2 is 1.91 bits per heavy atom. The second-order valence-corrected chi connectivity index (χ2v) is 6.76. The van der Waals surface area contributed by atoms with Gasteiger partial charge in [-0.05, 0) is 35.6 Å². The Hall–Kier alpha value is -2.36. The standard InChI is InChI=1S/C19H19NO3/c21-17(16-9-3-6-13-5-1-2-8-15(13)16)20-11-14-7-4-10-19(14,12-20)18(22)23/h1-3,5-6,8-9,14H,4,7,10-12H2,(H,22,23)/t14-,19+/m0/s1. The van der Waals surface area contributed by atoms with Crippen molar-refractivity contribution < 1.29 is 14.7 Å². The average molecular weight is 309 g/mol. The maximum atomic E-state index is 13.0. The SMILES string of the molecule is O=C(c1cccc2ccccc12)N1C[C@@H]2CCC[C@@]2(C(=O)O)C1. The number of nitrogens with zero attached hydrogens (tertiary/aromatic N) is 1. The molecule has 4 heteroatoms. The summed E-state index contributed by atoms with van der Waals surface area (Å²) < 4.78 is 0. The lowest BCUT2D eigenvalue weighted by Gasteiger charge is -2.23. The molecule has 1 saturated heterocycles. The zero-order valence-electron chi connectivity index (χ0n) is 12.9. The van der Waals surface area contributed by atoms with Crippen LogP contribution in [0.2, 0.25) is 0 Å². The first-order valence-electron chi connectivity index (χ1n) is 8.12. The molecular formula is C19H19NO3. The van der Waals surface area contributed by atoms with E-state index in [1.165, 1.54) is 0 Å². The van der Waals surface area contributed by atoms with Crippen molar-refractivity contribution in [2.75, 3.05) is 13.1 Å². The smallest absolute Gasteiger partial charge is 0.311 e. The van der Waals surface area contributed by atoms with Gasteiger partial charge in [-0.25, -0.2) is 0 Å². The molecule has 2 aromatic carbocycles. The first-order valence-corrected chi connectivity index (χ1v) is 8.12. The number of carboxylic acids is 1. The zero-order valence-corrected chi connectivity index (χ0v) is 12.9. The molecule has 1 amide bonds. The Labute approximate surface area is 134 Å². The van der Waals surface area contributed by atoms with E-state index in [9.17, 15) is 14.7 Å². The predicted octanol–water partition coefficient (Wildman–Crippen LogP) is 3.17. The highest BCUT2D eigenvalue weighted by atomic mass is 16.4. The number of carboxylic acid groups (broad SMARTS) is 1. The molecule has 118 valence electrons. The Bertz CT molecular complexity index is 795. The van der Waals surface area contributed by atoms with Crippen molar-refractivity contribution in [3.8, 4) is 0 Å². The fourth-order valence-corrected chi connectivity index (χ4v) is 4.38. The summed E-state index contributed by atoms with van der Waals surface area (Å²) in [5.74, 6) is -0.691. The van der Waals surface area contributed by atoms with Gasteiger partial charge < -0.3 is 10.0 Å². The van der Waals surface area contributed by atoms with Crippen LogP contribution in [0.5, 0.6) is 0 Å². The molecule has 4 nitrogen and oxygen atoms in total. The van der Waals surface area contributed by atoms with Crippen molar-refractivity contribution in [2.24, 2.45) is 11.3 Å². The molecule has 2 aromatic rings. The lowest BCUT2D eigenvalue weighted by molar-refractivity contribution is -0.149. The van der Waals surface area contributed by atoms with Gasteiger partial charge in [-0.3, -0.25) is 9.59 Å². The minimum absolute atomic E-state index is 0.0446. The summed E-state index contributed by atoms with van der Waals surface area (Å²) in [5, 5.41) is 11.6. The van der Waals surface area contributed by atoms with Crippen molar-refractivity contribution >= 4 is 22.6 Å². The van der Waals surface area contributed by atoms with Gasteiger partial charge in [-0.15, -0.1) is 0 Å². The van der Waals surface area contributed by atoms with E-state index < -0.39 is 11.4 Å². The van der Waals surface area contributed by atoms with Gasteiger partial charge in [0.1, 0.15) is 0 Å². The number of hydrogen-bond donors (Lipinski definition) is 1. The van der Waals surface area contributed by atoms with Crippen LogP contribution in [0.25, 0.3) is 10.8 Å². The number of rotatable bonds is 2. The first kappa shape index (κ1) is 14.2. The third kappa shape index (κ3) is 2.05. The normalized spacial score (nSPS) is 26.4. The van der Waals surface area contributed by atoms with Gasteiger partial charge in [0.05, 0.1) is 5.41 Å². The number of hydrogen-bond acceptors (Lipinski definition) is 2. The van der Waals surface area contributed by atoms with Crippen molar-refractivity contribution in [3.63, 3.8) is 0 Å². The predicted molar refractivity (Wildman–Crippen MR) is 87.3 cm³/mol. The summed E-state index contributed by atoms with van der Waals surface area (Å²) >= 11 is 0. The van der Waals surface area contributed by atoms with Crippen LogP contribution in [0, 0.1) is 11.3 Å². The summed E-state index contributed by atoms with van der Waals surface area (Å²) in [7, 11) is 0. The molecular weight excluding hydrogens is 290 g/mol. The molecule has 0 radical (unpaired) electrons. The Balaban J connectivity index is 1.69. The first-order chi connectivity index (χ1) is 11.1. The van der Waals surface area contributed by atoms with Crippen LogP contribution in [-0.2, 0) is 4.79 Å². The maximum Gasteiger partial charge on any atom is 0.311 e. The molecule has 0 spiro atoms. The van der Waals surface area contributed by atoms with Gasteiger partial charge in [0.25, 0.3) is 5.91 Å². The second-order valence-electron chi connectivity index (χ2n) is 6.76. The van der Waals surface area contributed by atoms with E-state index in [4.69, 9.17) is 0 Å². The average Bonchev–Trinajstić information content (AvgIpc) is 3.12. The van der Waals surface area contributed by atoms with Crippen LogP contribution < -0.4 is 0 Å². The largest absolute Gasteiger partial charge is 0.481 e. The number of carbonyl (C=O) groups is 2. The molecule has 1 aliphatic heterocycles. The van der Waals surface area contributed by atoms with E-state index in [0.29, 0.717) is 25.1 Å². The molecule has 0 unspecified atom stereocenters. The maximum absolute atomic E-state index is 13.0. The lowest BCUT2D eigenvalue weighted by atomic mass is 9.81. The number of amides is 1. The molecule has 4 rings (SSSR count). The molecule has 1 saturated carbocycles. The Morgan fingerprint density at radius 1 is 1.13 bits per heavy atom. The van der Waals surface area contributed by atoms with Gasteiger partial charge in [0.15, 0.2) is 0 Å². The van der Waals surface area contributed by atoms with Crippen LogP contribution >= 0.6 is 0 Å². The van der Waals surface area contributed by atoms with Crippen LogP contribution in [0.15, 0.2) is 42.5 Å². The number of benzene rings is 2. The van der Waals surface area contributed by atoms with E-state index in [1.54, 1.807) is 4.90 Å². The number of likely N-dealkylation sites (tertiary alicyclic amines) is 1. The highest BCUT2D eigenvalue weighted by molar-refractivity contribution is 6.07.